The van der Waals surface area contributed by atoms with E-state index in [1.54, 1.807) is 6.92 Å². The second-order valence-electron chi connectivity index (χ2n) is 4.08. The van der Waals surface area contributed by atoms with Crippen molar-refractivity contribution >= 4 is 27.8 Å². The zero-order chi connectivity index (χ0) is 16.5. The number of hydrogen-bond donors (Lipinski definition) is 1. The molecule has 0 radical (unpaired) electrons. The van der Waals surface area contributed by atoms with E-state index in [9.17, 15) is 26.3 Å². The quantitative estimate of drug-likeness (QED) is 0.808. The Labute approximate surface area is 128 Å². The van der Waals surface area contributed by atoms with Gasteiger partial charge < -0.3 is 5.32 Å². The van der Waals surface area contributed by atoms with Crippen LogP contribution in [0.4, 0.5) is 31.5 Å². The second-order valence-corrected chi connectivity index (χ2v) is 5.95. The van der Waals surface area contributed by atoms with Crippen molar-refractivity contribution in [3.63, 3.8) is 0 Å². The molecule has 2 aromatic heterocycles. The average molecular weight is 362 g/mol. The normalized spacial score (nSPS) is 14.1. The molecule has 2 aromatic rings. The molecule has 12 heteroatoms. The Morgan fingerprint density at radius 2 is 1.82 bits per heavy atom. The van der Waals surface area contributed by atoms with Crippen LogP contribution in [0, 0.1) is 0 Å². The lowest BCUT2D eigenvalue weighted by Crippen LogP contribution is -2.11. The molecule has 1 unspecified atom stereocenters. The van der Waals surface area contributed by atoms with E-state index in [1.165, 1.54) is 0 Å². The molecule has 0 aliphatic carbocycles. The fourth-order valence-corrected chi connectivity index (χ4v) is 3.08. The fourth-order valence-electron chi connectivity index (χ4n) is 1.46. The molecule has 2 heterocycles. The molecule has 0 aliphatic heterocycles. The molecule has 1 N–H and O–H groups in total. The van der Waals surface area contributed by atoms with Crippen LogP contribution < -0.4 is 5.32 Å². The molecule has 0 aliphatic rings. The third kappa shape index (κ3) is 3.85. The predicted molar refractivity (Wildman–Crippen MR) is 68.7 cm³/mol. The molecule has 4 nitrogen and oxygen atoms in total. The molecule has 0 amide bonds. The molecule has 0 spiro atoms. The summed E-state index contributed by atoms with van der Waals surface area (Å²) in [6.07, 6.45) is -8.84. The number of rotatable bonds is 4. The summed E-state index contributed by atoms with van der Waals surface area (Å²) >= 11 is 1.07. The van der Waals surface area contributed by atoms with Gasteiger partial charge in [-0.15, -0.1) is 21.5 Å². The molecule has 122 valence electrons. The van der Waals surface area contributed by atoms with Crippen LogP contribution in [0.1, 0.15) is 35.1 Å². The Hall–Kier alpha value is -1.43. The second kappa shape index (κ2) is 5.99. The van der Waals surface area contributed by atoms with Gasteiger partial charge in [-0.1, -0.05) is 18.3 Å². The molecule has 0 fully saturated rings. The van der Waals surface area contributed by atoms with Crippen molar-refractivity contribution in [1.29, 1.82) is 0 Å². The van der Waals surface area contributed by atoms with Crippen molar-refractivity contribution in [2.24, 2.45) is 0 Å². The van der Waals surface area contributed by atoms with Gasteiger partial charge >= 0.3 is 12.4 Å². The first-order valence-electron chi connectivity index (χ1n) is 5.81. The molecule has 0 bridgehead atoms. The summed E-state index contributed by atoms with van der Waals surface area (Å²) in [5, 5.41) is 8.71. The van der Waals surface area contributed by atoms with Gasteiger partial charge in [0.05, 0.1) is 6.04 Å². The molecule has 0 aromatic carbocycles. The summed E-state index contributed by atoms with van der Waals surface area (Å²) in [6, 6.07) is -0.671. The van der Waals surface area contributed by atoms with E-state index in [0.717, 1.165) is 16.7 Å². The molecule has 0 saturated carbocycles. The molecule has 2 rings (SSSR count). The van der Waals surface area contributed by atoms with E-state index in [1.807, 2.05) is 0 Å². The summed E-state index contributed by atoms with van der Waals surface area (Å²) in [5.41, 5.74) is -1.03. The van der Waals surface area contributed by atoms with E-state index in [4.69, 9.17) is 0 Å². The van der Waals surface area contributed by atoms with Crippen molar-refractivity contribution in [2.45, 2.75) is 31.7 Å². The minimum absolute atomic E-state index is 0.122. The lowest BCUT2D eigenvalue weighted by atomic mass is 10.2. The zero-order valence-corrected chi connectivity index (χ0v) is 12.4. The van der Waals surface area contributed by atoms with Gasteiger partial charge in [0.2, 0.25) is 10.1 Å². The highest BCUT2D eigenvalue weighted by Crippen LogP contribution is 2.36. The Morgan fingerprint density at radius 1 is 1.14 bits per heavy atom. The maximum atomic E-state index is 12.5. The van der Waals surface area contributed by atoms with Gasteiger partial charge in [-0.05, 0) is 6.42 Å². The predicted octanol–water partition coefficient (Wildman–Crippen LogP) is 4.60. The van der Waals surface area contributed by atoms with Gasteiger partial charge in [0.15, 0.2) is 5.69 Å². The van der Waals surface area contributed by atoms with Crippen LogP contribution in [-0.2, 0) is 12.4 Å². The summed E-state index contributed by atoms with van der Waals surface area (Å²) in [4.78, 5) is 3.47. The lowest BCUT2D eigenvalue weighted by molar-refractivity contribution is -0.141. The fraction of sp³-hybridized carbons (Fsp3) is 0.500. The number of hydrogen-bond acceptors (Lipinski definition) is 6. The molecule has 1 atom stereocenters. The van der Waals surface area contributed by atoms with E-state index in [-0.39, 0.29) is 21.5 Å². The van der Waals surface area contributed by atoms with Crippen LogP contribution in [-0.4, -0.2) is 15.2 Å². The van der Waals surface area contributed by atoms with Gasteiger partial charge in [-0.2, -0.15) is 26.3 Å². The van der Waals surface area contributed by atoms with Gasteiger partial charge in [-0.3, -0.25) is 0 Å². The Balaban J connectivity index is 2.16. The number of thiazole rings is 1. The minimum atomic E-state index is -4.61. The SMILES string of the molecule is CCC(Nc1nnc(C(F)(F)F)s1)c1nc(C(F)(F)F)cs1. The summed E-state index contributed by atoms with van der Waals surface area (Å²) in [6.45, 7) is 1.66. The number of alkyl halides is 6. The topological polar surface area (TPSA) is 50.7 Å². The number of aromatic nitrogens is 3. The van der Waals surface area contributed by atoms with Crippen LogP contribution in [0.25, 0.3) is 0 Å². The molecule has 22 heavy (non-hydrogen) atoms. The molecule has 0 saturated heterocycles. The van der Waals surface area contributed by atoms with Gasteiger partial charge in [0, 0.05) is 5.38 Å². The highest BCUT2D eigenvalue weighted by molar-refractivity contribution is 7.15. The monoisotopic (exact) mass is 362 g/mol. The van der Waals surface area contributed by atoms with E-state index < -0.39 is 29.1 Å². The minimum Gasteiger partial charge on any atom is -0.351 e. The summed E-state index contributed by atoms with van der Waals surface area (Å²) < 4.78 is 74.8. The largest absolute Gasteiger partial charge is 0.445 e. The van der Waals surface area contributed by atoms with Crippen LogP contribution in [0.5, 0.6) is 0 Å². The van der Waals surface area contributed by atoms with Crippen LogP contribution in [0.3, 0.4) is 0 Å². The standard InChI is InChI=1S/C10H8F6N4S2/c1-2-4(6-18-5(3-21-6)9(11,12)13)17-8-20-19-7(22-8)10(14,15)16/h3-4H,2H2,1H3,(H,17,20). The maximum absolute atomic E-state index is 12.5. The van der Waals surface area contributed by atoms with Gasteiger partial charge in [0.1, 0.15) is 5.01 Å². The van der Waals surface area contributed by atoms with Crippen molar-refractivity contribution < 1.29 is 26.3 Å². The number of anilines is 1. The Bertz CT molecular complexity index is 632. The van der Waals surface area contributed by atoms with E-state index >= 15 is 0 Å². The van der Waals surface area contributed by atoms with E-state index in [2.05, 4.69) is 20.5 Å². The summed E-state index contributed by atoms with van der Waals surface area (Å²) in [7, 11) is 0. The molecular formula is C10H8F6N4S2. The number of nitrogens with one attached hydrogen (secondary N) is 1. The molecular weight excluding hydrogens is 354 g/mol. The van der Waals surface area contributed by atoms with Gasteiger partial charge in [-0.25, -0.2) is 4.98 Å². The maximum Gasteiger partial charge on any atom is 0.445 e. The Morgan fingerprint density at radius 3 is 2.27 bits per heavy atom. The van der Waals surface area contributed by atoms with Crippen molar-refractivity contribution in [1.82, 2.24) is 15.2 Å². The first-order valence-corrected chi connectivity index (χ1v) is 7.50. The van der Waals surface area contributed by atoms with Crippen molar-refractivity contribution in [3.8, 4) is 0 Å². The average Bonchev–Trinajstić information content (AvgIpc) is 3.03. The first kappa shape index (κ1) is 16.9. The van der Waals surface area contributed by atoms with E-state index in [0.29, 0.717) is 6.42 Å². The third-order valence-electron chi connectivity index (χ3n) is 2.48. The van der Waals surface area contributed by atoms with Crippen LogP contribution >= 0.6 is 22.7 Å². The number of halogens is 6. The number of nitrogens with zero attached hydrogens (tertiary/aromatic N) is 3. The van der Waals surface area contributed by atoms with Crippen LogP contribution in [0.15, 0.2) is 5.38 Å². The van der Waals surface area contributed by atoms with Crippen LogP contribution in [0.2, 0.25) is 0 Å². The van der Waals surface area contributed by atoms with Crippen molar-refractivity contribution in [2.75, 3.05) is 5.32 Å². The first-order chi connectivity index (χ1) is 10.1. The third-order valence-corrected chi connectivity index (χ3v) is 4.34. The summed E-state index contributed by atoms with van der Waals surface area (Å²) in [5.74, 6) is 0. The zero-order valence-electron chi connectivity index (χ0n) is 10.8. The highest BCUT2D eigenvalue weighted by Gasteiger charge is 2.36. The highest BCUT2D eigenvalue weighted by atomic mass is 32.1. The van der Waals surface area contributed by atoms with Gasteiger partial charge in [0.25, 0.3) is 0 Å². The Kier molecular flexibility index (Phi) is 4.61. The lowest BCUT2D eigenvalue weighted by Gasteiger charge is -2.12. The smallest absolute Gasteiger partial charge is 0.351 e. The van der Waals surface area contributed by atoms with Crippen molar-refractivity contribution in [3.05, 3.63) is 21.1 Å².